The van der Waals surface area contributed by atoms with Crippen molar-refractivity contribution in [3.63, 3.8) is 0 Å². The fourth-order valence-electron chi connectivity index (χ4n) is 2.15. The van der Waals surface area contributed by atoms with E-state index in [0.717, 1.165) is 25.6 Å². The first kappa shape index (κ1) is 14.0. The Morgan fingerprint density at radius 3 is 2.82 bits per heavy atom. The molecule has 98 valence electrons. The Morgan fingerprint density at radius 2 is 2.18 bits per heavy atom. The van der Waals surface area contributed by atoms with Gasteiger partial charge in [0.05, 0.1) is 6.42 Å². The first-order valence-corrected chi connectivity index (χ1v) is 6.29. The van der Waals surface area contributed by atoms with E-state index in [1.54, 1.807) is 0 Å². The minimum Gasteiger partial charge on any atom is -0.481 e. The van der Waals surface area contributed by atoms with Gasteiger partial charge in [-0.05, 0) is 25.3 Å². The number of piperidine rings is 1. The van der Waals surface area contributed by atoms with Crippen molar-refractivity contribution in [1.29, 1.82) is 0 Å². The molecule has 0 saturated carbocycles. The Balaban J connectivity index is 2.08. The van der Waals surface area contributed by atoms with Gasteiger partial charge in [0.1, 0.15) is 0 Å². The summed E-state index contributed by atoms with van der Waals surface area (Å²) in [5, 5.41) is 11.0. The van der Waals surface area contributed by atoms with E-state index in [1.807, 2.05) is 0 Å². The molecule has 0 radical (unpaired) electrons. The third kappa shape index (κ3) is 6.26. The molecule has 1 saturated heterocycles. The van der Waals surface area contributed by atoms with Gasteiger partial charge in [-0.3, -0.25) is 9.59 Å². The molecule has 1 rings (SSSR count). The van der Waals surface area contributed by atoms with Crippen LogP contribution in [0.15, 0.2) is 0 Å². The van der Waals surface area contributed by atoms with Gasteiger partial charge < -0.3 is 15.3 Å². The van der Waals surface area contributed by atoms with Crippen molar-refractivity contribution < 1.29 is 14.7 Å². The van der Waals surface area contributed by atoms with Gasteiger partial charge >= 0.3 is 5.97 Å². The molecule has 1 aliphatic rings. The molecule has 0 aliphatic carbocycles. The Hall–Kier alpha value is -1.10. The highest BCUT2D eigenvalue weighted by molar-refractivity contribution is 5.76. The number of likely N-dealkylation sites (tertiary alicyclic amines) is 1. The van der Waals surface area contributed by atoms with Crippen molar-refractivity contribution in [1.82, 2.24) is 10.2 Å². The van der Waals surface area contributed by atoms with E-state index < -0.39 is 5.97 Å². The number of hydrogen-bond donors (Lipinski definition) is 2. The number of aliphatic carboxylic acids is 1. The molecule has 0 aromatic heterocycles. The largest absolute Gasteiger partial charge is 0.481 e. The molecule has 1 unspecified atom stereocenters. The molecule has 5 nitrogen and oxygen atoms in total. The molecule has 1 heterocycles. The molecule has 0 aromatic carbocycles. The third-order valence-electron chi connectivity index (χ3n) is 3.06. The second-order valence-electron chi connectivity index (χ2n) is 4.79. The molecule has 5 heteroatoms. The smallest absolute Gasteiger partial charge is 0.305 e. The van der Waals surface area contributed by atoms with Gasteiger partial charge in [-0.25, -0.2) is 0 Å². The maximum Gasteiger partial charge on any atom is 0.305 e. The second kappa shape index (κ2) is 7.27. The first-order valence-electron chi connectivity index (χ1n) is 6.29. The van der Waals surface area contributed by atoms with Gasteiger partial charge in [-0.15, -0.1) is 0 Å². The van der Waals surface area contributed by atoms with Gasteiger partial charge in [0, 0.05) is 26.1 Å². The molecular weight excluding hydrogens is 220 g/mol. The zero-order valence-corrected chi connectivity index (χ0v) is 10.4. The van der Waals surface area contributed by atoms with Crippen LogP contribution in [0.25, 0.3) is 0 Å². The van der Waals surface area contributed by atoms with Crippen LogP contribution in [0.5, 0.6) is 0 Å². The topological polar surface area (TPSA) is 69.6 Å². The van der Waals surface area contributed by atoms with Crippen molar-refractivity contribution in [2.75, 3.05) is 26.2 Å². The second-order valence-corrected chi connectivity index (χ2v) is 4.79. The summed E-state index contributed by atoms with van der Waals surface area (Å²) in [6.07, 6.45) is 2.95. The summed E-state index contributed by atoms with van der Waals surface area (Å²) in [4.78, 5) is 24.0. The highest BCUT2D eigenvalue weighted by Crippen LogP contribution is 2.15. The van der Waals surface area contributed by atoms with Crippen LogP contribution in [0, 0.1) is 5.92 Å². The van der Waals surface area contributed by atoms with E-state index in [0.29, 0.717) is 6.42 Å². The Morgan fingerprint density at radius 1 is 1.41 bits per heavy atom. The van der Waals surface area contributed by atoms with E-state index in [-0.39, 0.29) is 18.9 Å². The van der Waals surface area contributed by atoms with Crippen LogP contribution in [0.3, 0.4) is 0 Å². The molecule has 0 spiro atoms. The number of carbonyl (C=O) groups excluding carboxylic acids is 1. The van der Waals surface area contributed by atoms with E-state index in [2.05, 4.69) is 17.1 Å². The zero-order chi connectivity index (χ0) is 12.7. The molecule has 1 aliphatic heterocycles. The fourth-order valence-corrected chi connectivity index (χ4v) is 2.15. The summed E-state index contributed by atoms with van der Waals surface area (Å²) >= 11 is 0. The molecule has 0 bridgehead atoms. The van der Waals surface area contributed by atoms with Crippen molar-refractivity contribution in [3.8, 4) is 0 Å². The normalized spacial score (nSPS) is 21.1. The monoisotopic (exact) mass is 242 g/mol. The van der Waals surface area contributed by atoms with Crippen LogP contribution in [-0.2, 0) is 9.59 Å². The lowest BCUT2D eigenvalue weighted by molar-refractivity contribution is -0.136. The zero-order valence-electron chi connectivity index (χ0n) is 10.4. The number of amides is 1. The first-order chi connectivity index (χ1) is 8.08. The summed E-state index contributed by atoms with van der Waals surface area (Å²) in [5.74, 6) is -0.210. The van der Waals surface area contributed by atoms with Crippen LogP contribution in [0.1, 0.15) is 32.6 Å². The van der Waals surface area contributed by atoms with E-state index in [9.17, 15) is 9.59 Å². The van der Waals surface area contributed by atoms with Crippen molar-refractivity contribution in [2.24, 2.45) is 5.92 Å². The molecule has 1 atom stereocenters. The highest BCUT2D eigenvalue weighted by Gasteiger charge is 2.16. The lowest BCUT2D eigenvalue weighted by atomic mass is 10.0. The Bertz CT molecular complexity index is 268. The SMILES string of the molecule is CC1CCCN(CCC(=O)NCCC(=O)O)C1. The molecular formula is C12H22N2O3. The van der Waals surface area contributed by atoms with Crippen LogP contribution < -0.4 is 5.32 Å². The number of hydrogen-bond acceptors (Lipinski definition) is 3. The minimum absolute atomic E-state index is 0.00745. The van der Waals surface area contributed by atoms with Gasteiger partial charge in [0.25, 0.3) is 0 Å². The summed E-state index contributed by atoms with van der Waals surface area (Å²) in [5.41, 5.74) is 0. The molecule has 1 amide bonds. The molecule has 1 fully saturated rings. The van der Waals surface area contributed by atoms with Crippen molar-refractivity contribution in [3.05, 3.63) is 0 Å². The van der Waals surface area contributed by atoms with Gasteiger partial charge in [0.2, 0.25) is 5.91 Å². The maximum atomic E-state index is 11.4. The van der Waals surface area contributed by atoms with Crippen molar-refractivity contribution in [2.45, 2.75) is 32.6 Å². The number of carboxylic acids is 1. The number of rotatable bonds is 6. The minimum atomic E-state index is -0.879. The predicted octanol–water partition coefficient (Wildman–Crippen LogP) is 0.699. The van der Waals surface area contributed by atoms with Gasteiger partial charge in [-0.1, -0.05) is 6.92 Å². The van der Waals surface area contributed by atoms with E-state index in [4.69, 9.17) is 5.11 Å². The van der Waals surface area contributed by atoms with Crippen LogP contribution in [-0.4, -0.2) is 48.1 Å². The summed E-state index contributed by atoms with van der Waals surface area (Å²) in [6.45, 7) is 5.39. The molecule has 0 aromatic rings. The lowest BCUT2D eigenvalue weighted by Gasteiger charge is -2.30. The van der Waals surface area contributed by atoms with Gasteiger partial charge in [0.15, 0.2) is 0 Å². The fraction of sp³-hybridized carbons (Fsp3) is 0.833. The standard InChI is InChI=1S/C12H22N2O3/c1-10-3-2-7-14(9-10)8-5-11(15)13-6-4-12(16)17/h10H,2-9H2,1H3,(H,13,15)(H,16,17). The lowest BCUT2D eigenvalue weighted by Crippen LogP contribution is -2.37. The average molecular weight is 242 g/mol. The molecule has 17 heavy (non-hydrogen) atoms. The summed E-state index contributed by atoms with van der Waals surface area (Å²) < 4.78 is 0. The average Bonchev–Trinajstić information content (AvgIpc) is 2.26. The maximum absolute atomic E-state index is 11.4. The Labute approximate surface area is 102 Å². The van der Waals surface area contributed by atoms with Crippen molar-refractivity contribution >= 4 is 11.9 Å². The van der Waals surface area contributed by atoms with Gasteiger partial charge in [-0.2, -0.15) is 0 Å². The van der Waals surface area contributed by atoms with Crippen LogP contribution in [0.2, 0.25) is 0 Å². The number of carboxylic acid groups (broad SMARTS) is 1. The number of nitrogens with zero attached hydrogens (tertiary/aromatic N) is 1. The third-order valence-corrected chi connectivity index (χ3v) is 3.06. The number of nitrogens with one attached hydrogen (secondary N) is 1. The van der Waals surface area contributed by atoms with Crippen LogP contribution in [0.4, 0.5) is 0 Å². The highest BCUT2D eigenvalue weighted by atomic mass is 16.4. The Kier molecular flexibility index (Phi) is 5.97. The van der Waals surface area contributed by atoms with E-state index in [1.165, 1.54) is 12.8 Å². The van der Waals surface area contributed by atoms with Crippen LogP contribution >= 0.6 is 0 Å². The predicted molar refractivity (Wildman–Crippen MR) is 64.7 cm³/mol. The number of carbonyl (C=O) groups is 2. The quantitative estimate of drug-likeness (QED) is 0.719. The van der Waals surface area contributed by atoms with E-state index >= 15 is 0 Å². The summed E-state index contributed by atoms with van der Waals surface area (Å²) in [7, 11) is 0. The molecule has 2 N–H and O–H groups in total. The summed E-state index contributed by atoms with van der Waals surface area (Å²) in [6, 6.07) is 0.